The summed E-state index contributed by atoms with van der Waals surface area (Å²) in [5.41, 5.74) is 0.620. The van der Waals surface area contributed by atoms with E-state index < -0.39 is 22.4 Å². The molecule has 0 fully saturated rings. The van der Waals surface area contributed by atoms with Gasteiger partial charge in [0.1, 0.15) is 0 Å². The van der Waals surface area contributed by atoms with Crippen LogP contribution in [0, 0.1) is 11.6 Å². The molecule has 1 heterocycles. The van der Waals surface area contributed by atoms with Crippen molar-refractivity contribution in [1.82, 2.24) is 5.32 Å². The molecule has 1 N–H and O–H groups in total. The lowest BCUT2D eigenvalue weighted by atomic mass is 10.1. The molecule has 0 saturated carbocycles. The molecule has 2 nitrogen and oxygen atoms in total. The lowest BCUT2D eigenvalue weighted by molar-refractivity contribution is 0.499. The van der Waals surface area contributed by atoms with Crippen LogP contribution in [0.1, 0.15) is 18.5 Å². The molecule has 82 valence electrons. The normalized spacial score (nSPS) is 24.2. The highest BCUT2D eigenvalue weighted by atomic mass is 32.2. The third-order valence-corrected chi connectivity index (χ3v) is 3.92. The van der Waals surface area contributed by atoms with Crippen molar-refractivity contribution in [2.75, 3.05) is 12.3 Å². The van der Waals surface area contributed by atoms with Crippen LogP contribution in [0.4, 0.5) is 8.78 Å². The van der Waals surface area contributed by atoms with Gasteiger partial charge in [0.05, 0.1) is 10.8 Å². The van der Waals surface area contributed by atoms with E-state index in [4.69, 9.17) is 0 Å². The van der Waals surface area contributed by atoms with Crippen LogP contribution in [0.2, 0.25) is 0 Å². The van der Waals surface area contributed by atoms with Crippen LogP contribution in [-0.2, 0) is 10.8 Å². The SMILES string of the molecule is CCNC1CS(=O)c2cc(F)c(F)cc21. The fourth-order valence-corrected chi connectivity index (χ4v) is 3.24. The van der Waals surface area contributed by atoms with Crippen LogP contribution >= 0.6 is 0 Å². The summed E-state index contributed by atoms with van der Waals surface area (Å²) in [6.45, 7) is 2.63. The molecule has 0 aliphatic carbocycles. The summed E-state index contributed by atoms with van der Waals surface area (Å²) in [5.74, 6) is -1.42. The lowest BCUT2D eigenvalue weighted by Gasteiger charge is -2.10. The Labute approximate surface area is 89.1 Å². The Bertz CT molecular complexity index is 422. The fourth-order valence-electron chi connectivity index (χ4n) is 1.76. The molecule has 0 saturated heterocycles. The van der Waals surface area contributed by atoms with Gasteiger partial charge in [-0.25, -0.2) is 8.78 Å². The van der Waals surface area contributed by atoms with Gasteiger partial charge in [0.2, 0.25) is 0 Å². The van der Waals surface area contributed by atoms with Gasteiger partial charge in [0.25, 0.3) is 0 Å². The number of halogens is 2. The first-order valence-electron chi connectivity index (χ1n) is 4.74. The van der Waals surface area contributed by atoms with E-state index in [1.165, 1.54) is 0 Å². The Morgan fingerprint density at radius 1 is 1.47 bits per heavy atom. The first-order chi connectivity index (χ1) is 7.13. The highest BCUT2D eigenvalue weighted by molar-refractivity contribution is 7.85. The van der Waals surface area contributed by atoms with Crippen molar-refractivity contribution in [3.8, 4) is 0 Å². The Hall–Kier alpha value is -0.810. The minimum Gasteiger partial charge on any atom is -0.309 e. The summed E-state index contributed by atoms with van der Waals surface area (Å²) in [6.07, 6.45) is 0. The largest absolute Gasteiger partial charge is 0.309 e. The van der Waals surface area contributed by atoms with E-state index in [0.717, 1.165) is 12.1 Å². The van der Waals surface area contributed by atoms with Crippen LogP contribution in [0.15, 0.2) is 17.0 Å². The summed E-state index contributed by atoms with van der Waals surface area (Å²) in [7, 11) is -1.22. The molecular weight excluding hydrogens is 220 g/mol. The van der Waals surface area contributed by atoms with Gasteiger partial charge in [0.15, 0.2) is 11.6 Å². The first kappa shape index (κ1) is 10.7. The van der Waals surface area contributed by atoms with E-state index in [9.17, 15) is 13.0 Å². The van der Waals surface area contributed by atoms with Crippen molar-refractivity contribution in [3.63, 3.8) is 0 Å². The highest BCUT2D eigenvalue weighted by Gasteiger charge is 2.29. The van der Waals surface area contributed by atoms with Crippen LogP contribution in [0.5, 0.6) is 0 Å². The van der Waals surface area contributed by atoms with Gasteiger partial charge in [-0.3, -0.25) is 4.21 Å². The minimum atomic E-state index is -1.22. The molecule has 1 aliphatic heterocycles. The Morgan fingerprint density at radius 3 is 2.80 bits per heavy atom. The second kappa shape index (κ2) is 3.98. The second-order valence-electron chi connectivity index (χ2n) is 3.43. The maximum absolute atomic E-state index is 13.0. The molecule has 1 aliphatic rings. The third kappa shape index (κ3) is 1.81. The molecule has 2 atom stereocenters. The summed E-state index contributed by atoms with van der Waals surface area (Å²) in [4.78, 5) is 0.417. The summed E-state index contributed by atoms with van der Waals surface area (Å²) < 4.78 is 37.5. The molecule has 1 aromatic rings. The van der Waals surface area contributed by atoms with Crippen LogP contribution in [0.3, 0.4) is 0 Å². The summed E-state index contributed by atoms with van der Waals surface area (Å²) in [5, 5.41) is 3.10. The molecule has 1 aromatic carbocycles. The lowest BCUT2D eigenvalue weighted by Crippen LogP contribution is -2.21. The smallest absolute Gasteiger partial charge is 0.160 e. The van der Waals surface area contributed by atoms with E-state index in [-0.39, 0.29) is 6.04 Å². The molecule has 0 spiro atoms. The number of benzene rings is 1. The van der Waals surface area contributed by atoms with Crippen LogP contribution in [0.25, 0.3) is 0 Å². The van der Waals surface area contributed by atoms with E-state index in [1.807, 2.05) is 6.92 Å². The van der Waals surface area contributed by atoms with Crippen molar-refractivity contribution in [1.29, 1.82) is 0 Å². The standard InChI is InChI=1S/C10H11F2NOS/c1-2-13-9-5-15(14)10-4-8(12)7(11)3-6(9)10/h3-4,9,13H,2,5H2,1H3. The van der Waals surface area contributed by atoms with Crippen molar-refractivity contribution in [2.24, 2.45) is 0 Å². The Balaban J connectivity index is 2.46. The van der Waals surface area contributed by atoms with E-state index in [2.05, 4.69) is 5.32 Å². The predicted octanol–water partition coefficient (Wildman–Crippen LogP) is 1.74. The number of fused-ring (bicyclic) bond motifs is 1. The monoisotopic (exact) mass is 231 g/mol. The summed E-state index contributed by atoms with van der Waals surface area (Å²) in [6, 6.07) is 2.06. The topological polar surface area (TPSA) is 29.1 Å². The first-order valence-corrected chi connectivity index (χ1v) is 6.06. The number of hydrogen-bond acceptors (Lipinski definition) is 2. The van der Waals surface area contributed by atoms with E-state index >= 15 is 0 Å². The van der Waals surface area contributed by atoms with Crippen molar-refractivity contribution >= 4 is 10.8 Å². The third-order valence-electron chi connectivity index (χ3n) is 2.44. The highest BCUT2D eigenvalue weighted by Crippen LogP contribution is 2.32. The van der Waals surface area contributed by atoms with Gasteiger partial charge in [0, 0.05) is 16.7 Å². The molecule has 2 rings (SSSR count). The van der Waals surface area contributed by atoms with E-state index in [1.54, 1.807) is 0 Å². The molecule has 2 unspecified atom stereocenters. The van der Waals surface area contributed by atoms with E-state index in [0.29, 0.717) is 22.8 Å². The number of rotatable bonds is 2. The zero-order valence-electron chi connectivity index (χ0n) is 8.22. The Kier molecular flexibility index (Phi) is 2.84. The molecular formula is C10H11F2NOS. The van der Waals surface area contributed by atoms with Gasteiger partial charge in [-0.05, 0) is 24.2 Å². The molecule has 5 heteroatoms. The van der Waals surface area contributed by atoms with Gasteiger partial charge in [-0.1, -0.05) is 6.92 Å². The van der Waals surface area contributed by atoms with Gasteiger partial charge in [-0.15, -0.1) is 0 Å². The average Bonchev–Trinajstić information content (AvgIpc) is 2.46. The minimum absolute atomic E-state index is 0.124. The van der Waals surface area contributed by atoms with Crippen molar-refractivity contribution in [3.05, 3.63) is 29.3 Å². The Morgan fingerprint density at radius 2 is 2.13 bits per heavy atom. The van der Waals surface area contributed by atoms with Crippen molar-refractivity contribution < 1.29 is 13.0 Å². The summed E-state index contributed by atoms with van der Waals surface area (Å²) >= 11 is 0. The van der Waals surface area contributed by atoms with Crippen LogP contribution in [-0.4, -0.2) is 16.5 Å². The second-order valence-corrected chi connectivity index (χ2v) is 4.89. The zero-order valence-corrected chi connectivity index (χ0v) is 9.04. The number of hydrogen-bond donors (Lipinski definition) is 1. The quantitative estimate of drug-likeness (QED) is 0.840. The number of nitrogens with one attached hydrogen (secondary N) is 1. The van der Waals surface area contributed by atoms with Gasteiger partial charge in [-0.2, -0.15) is 0 Å². The predicted molar refractivity (Wildman–Crippen MR) is 54.1 cm³/mol. The average molecular weight is 231 g/mol. The van der Waals surface area contributed by atoms with Crippen molar-refractivity contribution in [2.45, 2.75) is 17.9 Å². The maximum atomic E-state index is 13.0. The van der Waals surface area contributed by atoms with Crippen LogP contribution < -0.4 is 5.32 Å². The van der Waals surface area contributed by atoms with Gasteiger partial charge < -0.3 is 5.32 Å². The molecule has 15 heavy (non-hydrogen) atoms. The fraction of sp³-hybridized carbons (Fsp3) is 0.400. The molecule has 0 radical (unpaired) electrons. The molecule has 0 bridgehead atoms. The van der Waals surface area contributed by atoms with Gasteiger partial charge >= 0.3 is 0 Å². The maximum Gasteiger partial charge on any atom is 0.160 e. The zero-order chi connectivity index (χ0) is 11.0. The molecule has 0 aromatic heterocycles. The molecule has 0 amide bonds.